The summed E-state index contributed by atoms with van der Waals surface area (Å²) in [5, 5.41) is -2.98. The van der Waals surface area contributed by atoms with Crippen LogP contribution in [0.4, 0.5) is 0 Å². The van der Waals surface area contributed by atoms with Gasteiger partial charge in [0.25, 0.3) is 0 Å². The maximum Gasteiger partial charge on any atom is 0.0636 e. The number of benzene rings is 7. The van der Waals surface area contributed by atoms with Crippen molar-refractivity contribution >= 4 is 32.3 Å². The summed E-state index contributed by atoms with van der Waals surface area (Å²) >= 11 is 0. The third kappa shape index (κ3) is 3.31. The summed E-state index contributed by atoms with van der Waals surface area (Å²) in [6, 6.07) is -6.83. The normalized spacial score (nSPS) is 18.7. The Morgan fingerprint density at radius 2 is 1.03 bits per heavy atom. The Labute approximate surface area is 237 Å². The van der Waals surface area contributed by atoms with E-state index in [1.165, 1.54) is 0 Å². The molecule has 0 amide bonds. The highest BCUT2D eigenvalue weighted by Crippen LogP contribution is 2.46. The predicted molar refractivity (Wildman–Crippen MR) is 155 cm³/mol. The molecule has 0 aliphatic rings. The van der Waals surface area contributed by atoms with Gasteiger partial charge in [-0.2, -0.15) is 0 Å². The van der Waals surface area contributed by atoms with Crippen LogP contribution in [0.5, 0.6) is 0 Å². The zero-order valence-corrected chi connectivity index (χ0v) is 18.4. The van der Waals surface area contributed by atoms with Crippen molar-refractivity contribution < 1.29 is 26.0 Å². The quantitative estimate of drug-likeness (QED) is 0.223. The van der Waals surface area contributed by atoms with Gasteiger partial charge in [0.1, 0.15) is 0 Å². The Balaban J connectivity index is 1.99. The maximum absolute atomic E-state index is 9.74. The average Bonchev–Trinajstić information content (AvgIpc) is 3.17. The van der Waals surface area contributed by atoms with Crippen molar-refractivity contribution in [2.24, 2.45) is 0 Å². The van der Waals surface area contributed by atoms with Crippen molar-refractivity contribution in [3.05, 3.63) is 145 Å². The number of rotatable bonds is 3. The first-order valence-electron chi connectivity index (χ1n) is 20.4. The summed E-state index contributed by atoms with van der Waals surface area (Å²) in [5.41, 5.74) is -2.06. The first kappa shape index (κ1) is 9.08. The molecule has 7 rings (SSSR count). The molecule has 0 nitrogen and oxygen atoms in total. The smallest absolute Gasteiger partial charge is 0.0622 e. The Hall–Kier alpha value is -4.68. The van der Waals surface area contributed by atoms with Gasteiger partial charge in [-0.1, -0.05) is 139 Å². The standard InChI is InChI=1S/C36H24/c1-3-12-25(13-4-1)28-22-23-33-34(24-28)36(30-21-11-17-26-14-7-8-18-29(26)30)32-20-10-9-19-31(32)35(33)27-15-5-2-6-16-27/h1-24H/i2D,5D,6D,7D,8D,9D,10D,11D,14D,15D,16D,17D,18D,19D,20D,21D,22D,23D,24D. The second-order valence-electron chi connectivity index (χ2n) is 7.87. The zero-order chi connectivity index (χ0) is 40.4. The molecule has 0 heterocycles. The molecule has 168 valence electrons. The van der Waals surface area contributed by atoms with Crippen molar-refractivity contribution in [3.63, 3.8) is 0 Å². The molecule has 0 atom stereocenters. The Kier molecular flexibility index (Phi) is 2.15. The molecule has 0 heteroatoms. The van der Waals surface area contributed by atoms with Gasteiger partial charge < -0.3 is 0 Å². The minimum absolute atomic E-state index is 0.174. The second kappa shape index (κ2) is 8.52. The van der Waals surface area contributed by atoms with E-state index in [0.29, 0.717) is 0 Å². The van der Waals surface area contributed by atoms with Crippen LogP contribution in [-0.2, 0) is 0 Å². The van der Waals surface area contributed by atoms with Crippen LogP contribution in [0.25, 0.3) is 65.7 Å². The summed E-state index contributed by atoms with van der Waals surface area (Å²) < 4.78 is 169. The molecule has 0 fully saturated rings. The lowest BCUT2D eigenvalue weighted by atomic mass is 9.84. The Bertz CT molecular complexity index is 2860. The van der Waals surface area contributed by atoms with Gasteiger partial charge in [0.2, 0.25) is 0 Å². The van der Waals surface area contributed by atoms with E-state index in [0.717, 1.165) is 0 Å². The summed E-state index contributed by atoms with van der Waals surface area (Å²) in [6.45, 7) is 0. The minimum Gasteiger partial charge on any atom is -0.0622 e. The molecule has 0 saturated heterocycles. The molecule has 0 unspecified atom stereocenters. The van der Waals surface area contributed by atoms with E-state index in [2.05, 4.69) is 0 Å². The summed E-state index contributed by atoms with van der Waals surface area (Å²) in [7, 11) is 0. The van der Waals surface area contributed by atoms with Crippen molar-refractivity contribution in [2.75, 3.05) is 0 Å². The van der Waals surface area contributed by atoms with Crippen molar-refractivity contribution in [1.82, 2.24) is 0 Å². The zero-order valence-electron chi connectivity index (χ0n) is 37.4. The van der Waals surface area contributed by atoms with Crippen LogP contribution in [0.1, 0.15) is 26.0 Å². The average molecular weight is 476 g/mol. The first-order chi connectivity index (χ1) is 25.8. The van der Waals surface area contributed by atoms with Crippen LogP contribution in [0.2, 0.25) is 0 Å². The lowest BCUT2D eigenvalue weighted by Gasteiger charge is -2.19. The van der Waals surface area contributed by atoms with E-state index >= 15 is 0 Å². The van der Waals surface area contributed by atoms with Gasteiger partial charge in [0.15, 0.2) is 0 Å². The highest BCUT2D eigenvalue weighted by molar-refractivity contribution is 6.24. The van der Waals surface area contributed by atoms with Crippen LogP contribution >= 0.6 is 0 Å². The van der Waals surface area contributed by atoms with Crippen LogP contribution in [0, 0.1) is 0 Å². The van der Waals surface area contributed by atoms with E-state index < -0.39 is 169 Å². The highest BCUT2D eigenvalue weighted by atomic mass is 14.2. The Morgan fingerprint density at radius 3 is 1.83 bits per heavy atom. The second-order valence-corrected chi connectivity index (χ2v) is 7.87. The van der Waals surface area contributed by atoms with Crippen molar-refractivity contribution in [2.45, 2.75) is 0 Å². The van der Waals surface area contributed by atoms with Gasteiger partial charge in [-0.15, -0.1) is 0 Å². The molecule has 0 saturated carbocycles. The Morgan fingerprint density at radius 1 is 0.389 bits per heavy atom. The van der Waals surface area contributed by atoms with E-state index in [9.17, 15) is 8.22 Å². The molecular weight excluding hydrogens is 432 g/mol. The van der Waals surface area contributed by atoms with Gasteiger partial charge in [0, 0.05) is 0 Å². The van der Waals surface area contributed by atoms with Gasteiger partial charge in [0.05, 0.1) is 26.0 Å². The van der Waals surface area contributed by atoms with Crippen LogP contribution < -0.4 is 0 Å². The van der Waals surface area contributed by atoms with Crippen molar-refractivity contribution in [1.29, 1.82) is 0 Å². The molecule has 0 radical (unpaired) electrons. The molecular formula is C36H24. The third-order valence-electron chi connectivity index (χ3n) is 5.87. The fourth-order valence-electron chi connectivity index (χ4n) is 4.34. The summed E-state index contributed by atoms with van der Waals surface area (Å²) in [4.78, 5) is 0. The monoisotopic (exact) mass is 475 g/mol. The van der Waals surface area contributed by atoms with Gasteiger partial charge in [-0.05, 0) is 71.7 Å². The van der Waals surface area contributed by atoms with E-state index in [1.807, 2.05) is 0 Å². The molecule has 0 aliphatic heterocycles. The number of hydrogen-bond donors (Lipinski definition) is 0. The highest BCUT2D eigenvalue weighted by Gasteiger charge is 2.18. The third-order valence-corrected chi connectivity index (χ3v) is 5.87. The van der Waals surface area contributed by atoms with Gasteiger partial charge in [-0.25, -0.2) is 0 Å². The molecule has 0 bridgehead atoms. The first-order valence-corrected chi connectivity index (χ1v) is 10.9. The van der Waals surface area contributed by atoms with Crippen LogP contribution in [-0.4, -0.2) is 0 Å². The van der Waals surface area contributed by atoms with Crippen LogP contribution in [0.15, 0.2) is 145 Å². The molecule has 7 aromatic rings. The van der Waals surface area contributed by atoms with E-state index in [1.54, 1.807) is 30.3 Å². The summed E-state index contributed by atoms with van der Waals surface area (Å²) in [6.07, 6.45) is 0. The molecule has 7 aromatic carbocycles. The van der Waals surface area contributed by atoms with E-state index in [4.69, 9.17) is 17.8 Å². The molecule has 36 heavy (non-hydrogen) atoms. The number of hydrogen-bond acceptors (Lipinski definition) is 0. The fourth-order valence-corrected chi connectivity index (χ4v) is 4.34. The largest absolute Gasteiger partial charge is 0.0636 e. The molecule has 0 aromatic heterocycles. The van der Waals surface area contributed by atoms with Crippen molar-refractivity contribution in [3.8, 4) is 33.4 Å². The summed E-state index contributed by atoms with van der Waals surface area (Å²) in [5.74, 6) is 0. The maximum atomic E-state index is 9.74. The molecule has 0 aliphatic carbocycles. The predicted octanol–water partition coefficient (Wildman–Crippen LogP) is 10.1. The lowest BCUT2D eigenvalue weighted by molar-refractivity contribution is 1.63. The van der Waals surface area contributed by atoms with Gasteiger partial charge in [-0.3, -0.25) is 0 Å². The molecule has 0 N–H and O–H groups in total. The topological polar surface area (TPSA) is 0 Å². The minimum atomic E-state index is -0.846. The lowest BCUT2D eigenvalue weighted by Crippen LogP contribution is -1.92. The number of fused-ring (bicyclic) bond motifs is 3. The van der Waals surface area contributed by atoms with Crippen LogP contribution in [0.3, 0.4) is 0 Å². The van der Waals surface area contributed by atoms with Gasteiger partial charge >= 0.3 is 0 Å². The van der Waals surface area contributed by atoms with E-state index in [-0.39, 0.29) is 11.1 Å². The SMILES string of the molecule is [2H]c1c([2H])c([2H])c(-c2c3c([2H])c([2H])c([2H])c([2H])c3c(-c3c([2H])c([2H])c([2H])c4c([2H])c([2H])c([2H])c([2H])c34)c3c([2H])c(-c4ccccc4)c([2H])c([2H])c23)c([2H])c1[2H]. The fraction of sp³-hybridized carbons (Fsp3) is 0. The molecule has 0 spiro atoms.